The highest BCUT2D eigenvalue weighted by atomic mass is 16.6. The summed E-state index contributed by atoms with van der Waals surface area (Å²) in [5.74, 6) is -1.95. The van der Waals surface area contributed by atoms with E-state index in [-0.39, 0.29) is 32.1 Å². The van der Waals surface area contributed by atoms with Gasteiger partial charge in [0.1, 0.15) is 18.1 Å². The number of esters is 1. The summed E-state index contributed by atoms with van der Waals surface area (Å²) in [6, 6.07) is 0. The molecule has 2 fully saturated rings. The van der Waals surface area contributed by atoms with Crippen molar-refractivity contribution in [2.75, 3.05) is 26.3 Å². The predicted molar refractivity (Wildman–Crippen MR) is 53.4 cm³/mol. The van der Waals surface area contributed by atoms with Gasteiger partial charge in [-0.25, -0.2) is 4.79 Å². The van der Waals surface area contributed by atoms with Crippen LogP contribution in [0.4, 0.5) is 4.79 Å². The summed E-state index contributed by atoms with van der Waals surface area (Å²) in [6.07, 6.45) is -1.08. The SMILES string of the molecule is CCOC(=O)C1C(=O)COC12CN(C(=O)O)C2. The smallest absolute Gasteiger partial charge is 0.407 e. The number of ether oxygens (including phenoxy) is 2. The fourth-order valence-corrected chi connectivity index (χ4v) is 2.26. The number of nitrogens with zero attached hydrogens (tertiary/aromatic N) is 1. The Morgan fingerprint density at radius 3 is 2.76 bits per heavy atom. The van der Waals surface area contributed by atoms with Crippen LogP contribution in [0.1, 0.15) is 6.92 Å². The van der Waals surface area contributed by atoms with Gasteiger partial charge < -0.3 is 19.5 Å². The summed E-state index contributed by atoms with van der Waals surface area (Å²) >= 11 is 0. The predicted octanol–water partition coefficient (Wildman–Crippen LogP) is -0.503. The quantitative estimate of drug-likeness (QED) is 0.519. The van der Waals surface area contributed by atoms with E-state index in [0.29, 0.717) is 0 Å². The van der Waals surface area contributed by atoms with Gasteiger partial charge in [-0.05, 0) is 6.92 Å². The molecule has 17 heavy (non-hydrogen) atoms. The van der Waals surface area contributed by atoms with Gasteiger partial charge in [0.25, 0.3) is 0 Å². The Kier molecular flexibility index (Phi) is 2.78. The Hall–Kier alpha value is -1.63. The van der Waals surface area contributed by atoms with Crippen molar-refractivity contribution < 1.29 is 29.0 Å². The van der Waals surface area contributed by atoms with Gasteiger partial charge in [0.05, 0.1) is 19.7 Å². The normalized spacial score (nSPS) is 25.8. The van der Waals surface area contributed by atoms with Gasteiger partial charge in [-0.3, -0.25) is 9.59 Å². The van der Waals surface area contributed by atoms with Crippen LogP contribution >= 0.6 is 0 Å². The third-order valence-corrected chi connectivity index (χ3v) is 3.06. The maximum Gasteiger partial charge on any atom is 0.407 e. The van der Waals surface area contributed by atoms with Crippen LogP contribution in [0.3, 0.4) is 0 Å². The molecule has 94 valence electrons. The molecule has 0 aliphatic carbocycles. The van der Waals surface area contributed by atoms with Crippen LogP contribution in [-0.2, 0) is 19.1 Å². The van der Waals surface area contributed by atoms with E-state index >= 15 is 0 Å². The minimum Gasteiger partial charge on any atom is -0.465 e. The first-order chi connectivity index (χ1) is 8.00. The molecule has 2 rings (SSSR count). The summed E-state index contributed by atoms with van der Waals surface area (Å²) < 4.78 is 10.1. The van der Waals surface area contributed by atoms with E-state index in [2.05, 4.69) is 0 Å². The Labute approximate surface area is 97.3 Å². The summed E-state index contributed by atoms with van der Waals surface area (Å²) in [5.41, 5.74) is -0.998. The highest BCUT2D eigenvalue weighted by molar-refractivity contribution is 6.03. The highest BCUT2D eigenvalue weighted by Gasteiger charge is 2.61. The fourth-order valence-electron chi connectivity index (χ4n) is 2.26. The molecule has 1 unspecified atom stereocenters. The Bertz CT molecular complexity index is 373. The zero-order valence-electron chi connectivity index (χ0n) is 9.34. The second-order valence-electron chi connectivity index (χ2n) is 4.14. The van der Waals surface area contributed by atoms with Crippen LogP contribution in [0.5, 0.6) is 0 Å². The van der Waals surface area contributed by atoms with Crippen molar-refractivity contribution in [1.82, 2.24) is 4.90 Å². The van der Waals surface area contributed by atoms with Gasteiger partial charge >= 0.3 is 12.1 Å². The van der Waals surface area contributed by atoms with Gasteiger partial charge in [-0.15, -0.1) is 0 Å². The molecule has 1 amide bonds. The molecule has 0 aromatic heterocycles. The molecular formula is C10H13NO6. The van der Waals surface area contributed by atoms with Gasteiger partial charge in [-0.1, -0.05) is 0 Å². The van der Waals surface area contributed by atoms with Crippen LogP contribution in [-0.4, -0.2) is 59.8 Å². The molecule has 2 saturated heterocycles. The molecule has 1 spiro atoms. The molecule has 0 saturated carbocycles. The molecule has 0 radical (unpaired) electrons. The Morgan fingerprint density at radius 2 is 2.24 bits per heavy atom. The van der Waals surface area contributed by atoms with Crippen LogP contribution < -0.4 is 0 Å². The lowest BCUT2D eigenvalue weighted by Gasteiger charge is -2.46. The molecule has 2 heterocycles. The second kappa shape index (κ2) is 3.99. The second-order valence-corrected chi connectivity index (χ2v) is 4.14. The van der Waals surface area contributed by atoms with E-state index in [1.54, 1.807) is 6.92 Å². The molecule has 7 nitrogen and oxygen atoms in total. The van der Waals surface area contributed by atoms with Crippen molar-refractivity contribution in [3.8, 4) is 0 Å². The standard InChI is InChI=1S/C10H13NO6/c1-2-16-8(13)7-6(12)3-17-10(7)4-11(5-10)9(14)15/h7H,2-5H2,1H3,(H,14,15). The molecular weight excluding hydrogens is 230 g/mol. The number of amides is 1. The lowest BCUT2D eigenvalue weighted by molar-refractivity contribution is -0.167. The molecule has 0 bridgehead atoms. The van der Waals surface area contributed by atoms with Gasteiger partial charge in [0.15, 0.2) is 5.78 Å². The van der Waals surface area contributed by atoms with Gasteiger partial charge in [0.2, 0.25) is 0 Å². The van der Waals surface area contributed by atoms with E-state index in [9.17, 15) is 14.4 Å². The summed E-state index contributed by atoms with van der Waals surface area (Å²) in [7, 11) is 0. The summed E-state index contributed by atoms with van der Waals surface area (Å²) in [4.78, 5) is 35.0. The van der Waals surface area contributed by atoms with Crippen molar-refractivity contribution in [3.05, 3.63) is 0 Å². The number of hydrogen-bond acceptors (Lipinski definition) is 5. The number of Topliss-reactive ketones (excluding diaryl/α,β-unsaturated/α-hetero) is 1. The molecule has 2 aliphatic rings. The number of ketones is 1. The molecule has 0 aromatic rings. The van der Waals surface area contributed by atoms with Gasteiger partial charge in [0, 0.05) is 0 Å². The average Bonchev–Trinajstić information content (AvgIpc) is 2.53. The van der Waals surface area contributed by atoms with E-state index in [0.717, 1.165) is 4.90 Å². The zero-order valence-corrected chi connectivity index (χ0v) is 9.34. The van der Waals surface area contributed by atoms with Crippen molar-refractivity contribution in [2.45, 2.75) is 12.5 Å². The Morgan fingerprint density at radius 1 is 1.59 bits per heavy atom. The minimum atomic E-state index is -1.08. The lowest BCUT2D eigenvalue weighted by Crippen LogP contribution is -2.67. The third-order valence-electron chi connectivity index (χ3n) is 3.06. The third kappa shape index (κ3) is 1.76. The van der Waals surface area contributed by atoms with Crippen molar-refractivity contribution in [1.29, 1.82) is 0 Å². The monoisotopic (exact) mass is 243 g/mol. The first-order valence-electron chi connectivity index (χ1n) is 5.31. The van der Waals surface area contributed by atoms with E-state index in [1.165, 1.54) is 0 Å². The number of likely N-dealkylation sites (tertiary alicyclic amines) is 1. The maximum absolute atomic E-state index is 11.7. The highest BCUT2D eigenvalue weighted by Crippen LogP contribution is 2.38. The maximum atomic E-state index is 11.7. The molecule has 1 atom stereocenters. The average molecular weight is 243 g/mol. The summed E-state index contributed by atoms with van der Waals surface area (Å²) in [5, 5.41) is 8.74. The van der Waals surface area contributed by atoms with E-state index in [4.69, 9.17) is 14.6 Å². The van der Waals surface area contributed by atoms with Crippen LogP contribution in [0.2, 0.25) is 0 Å². The number of carbonyl (C=O) groups is 3. The molecule has 0 aromatic carbocycles. The van der Waals surface area contributed by atoms with E-state index < -0.39 is 23.6 Å². The first kappa shape index (κ1) is 11.8. The van der Waals surface area contributed by atoms with Crippen LogP contribution in [0.15, 0.2) is 0 Å². The van der Waals surface area contributed by atoms with Crippen molar-refractivity contribution >= 4 is 17.8 Å². The number of hydrogen-bond donors (Lipinski definition) is 1. The fraction of sp³-hybridized carbons (Fsp3) is 0.700. The number of carbonyl (C=O) groups excluding carboxylic acids is 2. The van der Waals surface area contributed by atoms with Crippen LogP contribution in [0.25, 0.3) is 0 Å². The lowest BCUT2D eigenvalue weighted by atomic mass is 9.80. The van der Waals surface area contributed by atoms with Crippen molar-refractivity contribution in [3.63, 3.8) is 0 Å². The number of carboxylic acid groups (broad SMARTS) is 1. The van der Waals surface area contributed by atoms with Crippen LogP contribution in [0, 0.1) is 5.92 Å². The summed E-state index contributed by atoms with van der Waals surface area (Å²) in [6.45, 7) is 1.75. The van der Waals surface area contributed by atoms with Crippen molar-refractivity contribution in [2.24, 2.45) is 5.92 Å². The Balaban J connectivity index is 2.10. The molecule has 2 aliphatic heterocycles. The molecule has 7 heteroatoms. The number of rotatable bonds is 2. The first-order valence-corrected chi connectivity index (χ1v) is 5.31. The molecule has 1 N–H and O–H groups in total. The van der Waals surface area contributed by atoms with Gasteiger partial charge in [-0.2, -0.15) is 0 Å². The van der Waals surface area contributed by atoms with E-state index in [1.807, 2.05) is 0 Å². The largest absolute Gasteiger partial charge is 0.465 e. The topological polar surface area (TPSA) is 93.1 Å². The minimum absolute atomic E-state index is 0.0392. The zero-order chi connectivity index (χ0) is 12.6.